The van der Waals surface area contributed by atoms with Crippen molar-refractivity contribution in [3.8, 4) is 0 Å². The van der Waals surface area contributed by atoms with Crippen molar-refractivity contribution in [1.29, 1.82) is 0 Å². The molecule has 1 aromatic heterocycles. The normalized spacial score (nSPS) is 12.9. The number of anilines is 1. The van der Waals surface area contributed by atoms with E-state index in [0.29, 0.717) is 17.5 Å². The van der Waals surface area contributed by atoms with E-state index in [1.54, 1.807) is 0 Å². The standard InChI is InChI=1S/C10H17N3OS/c1-6(2)4-8(11)9(14)13-10-12-7(3)5-15-10/h5-6,8H,4,11H2,1-3H3,(H,12,13,14). The van der Waals surface area contributed by atoms with Crippen LogP contribution in [0.25, 0.3) is 0 Å². The number of rotatable bonds is 4. The summed E-state index contributed by atoms with van der Waals surface area (Å²) >= 11 is 1.42. The lowest BCUT2D eigenvalue weighted by Crippen LogP contribution is -2.36. The summed E-state index contributed by atoms with van der Waals surface area (Å²) in [6.45, 7) is 5.97. The Balaban J connectivity index is 2.48. The molecule has 84 valence electrons. The van der Waals surface area contributed by atoms with Crippen molar-refractivity contribution >= 4 is 22.4 Å². The van der Waals surface area contributed by atoms with E-state index in [9.17, 15) is 4.79 Å². The molecule has 0 aliphatic carbocycles. The highest BCUT2D eigenvalue weighted by atomic mass is 32.1. The van der Waals surface area contributed by atoms with Gasteiger partial charge in [0, 0.05) is 5.38 Å². The molecule has 3 N–H and O–H groups in total. The summed E-state index contributed by atoms with van der Waals surface area (Å²) in [7, 11) is 0. The molecule has 0 spiro atoms. The molecule has 0 aromatic carbocycles. The van der Waals surface area contributed by atoms with Gasteiger partial charge in [0.2, 0.25) is 5.91 Å². The first-order valence-electron chi connectivity index (χ1n) is 4.97. The summed E-state index contributed by atoms with van der Waals surface area (Å²) in [5.41, 5.74) is 6.65. The maximum absolute atomic E-state index is 11.6. The van der Waals surface area contributed by atoms with Crippen molar-refractivity contribution in [2.24, 2.45) is 11.7 Å². The highest BCUT2D eigenvalue weighted by Crippen LogP contribution is 2.15. The predicted molar refractivity (Wildman–Crippen MR) is 62.9 cm³/mol. The Kier molecular flexibility index (Phi) is 4.23. The maximum Gasteiger partial charge on any atom is 0.243 e. The Bertz CT molecular complexity index is 335. The van der Waals surface area contributed by atoms with Crippen molar-refractivity contribution in [3.05, 3.63) is 11.1 Å². The molecule has 0 aliphatic heterocycles. The monoisotopic (exact) mass is 227 g/mol. The second-order valence-electron chi connectivity index (χ2n) is 4.02. The highest BCUT2D eigenvalue weighted by Gasteiger charge is 2.15. The minimum absolute atomic E-state index is 0.155. The fraction of sp³-hybridized carbons (Fsp3) is 0.600. The van der Waals surface area contributed by atoms with E-state index in [1.165, 1.54) is 11.3 Å². The van der Waals surface area contributed by atoms with Gasteiger partial charge < -0.3 is 11.1 Å². The van der Waals surface area contributed by atoms with Crippen molar-refractivity contribution < 1.29 is 4.79 Å². The van der Waals surface area contributed by atoms with Gasteiger partial charge in [0.15, 0.2) is 5.13 Å². The fourth-order valence-electron chi connectivity index (χ4n) is 1.22. The van der Waals surface area contributed by atoms with Crippen LogP contribution in [0.1, 0.15) is 26.0 Å². The molecule has 1 atom stereocenters. The number of nitrogens with one attached hydrogen (secondary N) is 1. The van der Waals surface area contributed by atoms with Crippen LogP contribution in [0.2, 0.25) is 0 Å². The third-order valence-electron chi connectivity index (χ3n) is 1.91. The van der Waals surface area contributed by atoms with E-state index in [4.69, 9.17) is 5.73 Å². The van der Waals surface area contributed by atoms with Crippen LogP contribution in [0.15, 0.2) is 5.38 Å². The molecule has 0 saturated carbocycles. The Hall–Kier alpha value is -0.940. The third kappa shape index (κ3) is 3.97. The van der Waals surface area contributed by atoms with E-state index in [1.807, 2.05) is 26.2 Å². The van der Waals surface area contributed by atoms with Gasteiger partial charge in [0.25, 0.3) is 0 Å². The van der Waals surface area contributed by atoms with E-state index in [0.717, 1.165) is 5.69 Å². The predicted octanol–water partition coefficient (Wildman–Crippen LogP) is 1.76. The molecule has 1 heterocycles. The molecule has 5 heteroatoms. The molecular formula is C10H17N3OS. The highest BCUT2D eigenvalue weighted by molar-refractivity contribution is 7.13. The number of carbonyl (C=O) groups excluding carboxylic acids is 1. The third-order valence-corrected chi connectivity index (χ3v) is 2.79. The molecule has 15 heavy (non-hydrogen) atoms. The first-order chi connectivity index (χ1) is 6.99. The van der Waals surface area contributed by atoms with Gasteiger partial charge in [0.05, 0.1) is 11.7 Å². The quantitative estimate of drug-likeness (QED) is 0.823. The lowest BCUT2D eigenvalue weighted by Gasteiger charge is -2.12. The average Bonchev–Trinajstić information content (AvgIpc) is 2.50. The zero-order chi connectivity index (χ0) is 11.4. The molecular weight excluding hydrogens is 210 g/mol. The lowest BCUT2D eigenvalue weighted by atomic mass is 10.0. The van der Waals surface area contributed by atoms with Gasteiger partial charge in [-0.25, -0.2) is 4.98 Å². The fourth-order valence-corrected chi connectivity index (χ4v) is 1.92. The van der Waals surface area contributed by atoms with Gasteiger partial charge in [-0.1, -0.05) is 13.8 Å². The second-order valence-corrected chi connectivity index (χ2v) is 4.88. The van der Waals surface area contributed by atoms with E-state index in [2.05, 4.69) is 10.3 Å². The van der Waals surface area contributed by atoms with E-state index < -0.39 is 6.04 Å². The smallest absolute Gasteiger partial charge is 0.243 e. The summed E-state index contributed by atoms with van der Waals surface area (Å²) in [5.74, 6) is 0.266. The number of hydrogen-bond donors (Lipinski definition) is 2. The van der Waals surface area contributed by atoms with E-state index >= 15 is 0 Å². The first kappa shape index (κ1) is 12.1. The average molecular weight is 227 g/mol. The zero-order valence-electron chi connectivity index (χ0n) is 9.28. The van der Waals surface area contributed by atoms with Gasteiger partial charge in [-0.3, -0.25) is 4.79 Å². The van der Waals surface area contributed by atoms with Crippen LogP contribution in [0.4, 0.5) is 5.13 Å². The molecule has 0 fully saturated rings. The SMILES string of the molecule is Cc1csc(NC(=O)C(N)CC(C)C)n1. The van der Waals surface area contributed by atoms with Gasteiger partial charge in [-0.05, 0) is 19.3 Å². The number of aromatic nitrogens is 1. The molecule has 1 unspecified atom stereocenters. The van der Waals surface area contributed by atoms with Crippen molar-refractivity contribution in [1.82, 2.24) is 4.98 Å². The minimum Gasteiger partial charge on any atom is -0.320 e. The molecule has 0 aliphatic rings. The van der Waals surface area contributed by atoms with Gasteiger partial charge in [-0.15, -0.1) is 11.3 Å². The summed E-state index contributed by atoms with van der Waals surface area (Å²) in [6, 6.07) is -0.450. The Labute approximate surface area is 93.9 Å². The van der Waals surface area contributed by atoms with Crippen LogP contribution in [-0.4, -0.2) is 16.9 Å². The number of nitrogens with zero attached hydrogens (tertiary/aromatic N) is 1. The number of carbonyl (C=O) groups is 1. The summed E-state index contributed by atoms with van der Waals surface area (Å²) in [6.07, 6.45) is 0.691. The molecule has 0 bridgehead atoms. The Morgan fingerprint density at radius 2 is 2.33 bits per heavy atom. The molecule has 1 aromatic rings. The summed E-state index contributed by atoms with van der Waals surface area (Å²) in [4.78, 5) is 15.7. The van der Waals surface area contributed by atoms with E-state index in [-0.39, 0.29) is 5.91 Å². The van der Waals surface area contributed by atoms with Gasteiger partial charge >= 0.3 is 0 Å². The number of thiazole rings is 1. The minimum atomic E-state index is -0.450. The lowest BCUT2D eigenvalue weighted by molar-refractivity contribution is -0.117. The van der Waals surface area contributed by atoms with Gasteiger partial charge in [0.1, 0.15) is 0 Å². The van der Waals surface area contributed by atoms with Crippen molar-refractivity contribution in [2.75, 3.05) is 5.32 Å². The Morgan fingerprint density at radius 1 is 1.67 bits per heavy atom. The molecule has 4 nitrogen and oxygen atoms in total. The van der Waals surface area contributed by atoms with Crippen LogP contribution in [0.3, 0.4) is 0 Å². The molecule has 0 radical (unpaired) electrons. The second kappa shape index (κ2) is 5.23. The van der Waals surface area contributed by atoms with Crippen LogP contribution in [-0.2, 0) is 4.79 Å². The topological polar surface area (TPSA) is 68.0 Å². The maximum atomic E-state index is 11.6. The molecule has 1 amide bonds. The largest absolute Gasteiger partial charge is 0.320 e. The van der Waals surface area contributed by atoms with Crippen LogP contribution in [0.5, 0.6) is 0 Å². The number of hydrogen-bond acceptors (Lipinski definition) is 4. The van der Waals surface area contributed by atoms with Crippen LogP contribution < -0.4 is 11.1 Å². The Morgan fingerprint density at radius 3 is 2.80 bits per heavy atom. The number of amides is 1. The molecule has 0 saturated heterocycles. The number of aryl methyl sites for hydroxylation is 1. The van der Waals surface area contributed by atoms with Crippen molar-refractivity contribution in [2.45, 2.75) is 33.2 Å². The number of nitrogens with two attached hydrogens (primary N) is 1. The summed E-state index contributed by atoms with van der Waals surface area (Å²) in [5, 5.41) is 5.23. The first-order valence-corrected chi connectivity index (χ1v) is 5.85. The van der Waals surface area contributed by atoms with Gasteiger partial charge in [-0.2, -0.15) is 0 Å². The molecule has 1 rings (SSSR count). The zero-order valence-corrected chi connectivity index (χ0v) is 10.1. The summed E-state index contributed by atoms with van der Waals surface area (Å²) < 4.78 is 0. The van der Waals surface area contributed by atoms with Crippen LogP contribution in [0, 0.1) is 12.8 Å². The van der Waals surface area contributed by atoms with Crippen molar-refractivity contribution in [3.63, 3.8) is 0 Å². The van der Waals surface area contributed by atoms with Crippen LogP contribution >= 0.6 is 11.3 Å².